The zero-order valence-electron chi connectivity index (χ0n) is 12.5. The lowest BCUT2D eigenvalue weighted by Crippen LogP contribution is -2.21. The van der Waals surface area contributed by atoms with Crippen LogP contribution in [0.15, 0.2) is 30.5 Å². The van der Waals surface area contributed by atoms with Gasteiger partial charge in [0.15, 0.2) is 0 Å². The molecule has 1 heterocycles. The fourth-order valence-corrected chi connectivity index (χ4v) is 2.53. The van der Waals surface area contributed by atoms with Crippen molar-refractivity contribution < 1.29 is 4.39 Å². The van der Waals surface area contributed by atoms with Gasteiger partial charge in [-0.15, -0.1) is 0 Å². The molecule has 1 unspecified atom stereocenters. The summed E-state index contributed by atoms with van der Waals surface area (Å²) in [5.74, 6) is -0.183. The number of nitrogens with one attached hydrogen (secondary N) is 1. The normalized spacial score (nSPS) is 12.4. The van der Waals surface area contributed by atoms with E-state index in [9.17, 15) is 4.39 Å². The number of aromatic nitrogens is 1. The molecular weight excluding hydrogens is 251 g/mol. The highest BCUT2D eigenvalue weighted by atomic mass is 19.1. The van der Waals surface area contributed by atoms with Crippen molar-refractivity contribution in [3.63, 3.8) is 0 Å². The molecule has 3 heteroatoms. The molecule has 2 aromatic rings. The van der Waals surface area contributed by atoms with Crippen LogP contribution in [0.2, 0.25) is 0 Å². The average Bonchev–Trinajstić information content (AvgIpc) is 2.39. The minimum absolute atomic E-state index is 0.139. The number of pyridine rings is 1. The Bertz CT molecular complexity index is 608. The van der Waals surface area contributed by atoms with Crippen molar-refractivity contribution in [3.05, 3.63) is 64.2 Å². The van der Waals surface area contributed by atoms with Gasteiger partial charge in [0.1, 0.15) is 5.82 Å². The molecule has 0 saturated carbocycles. The zero-order chi connectivity index (χ0) is 14.7. The van der Waals surface area contributed by atoms with E-state index in [0.717, 1.165) is 23.2 Å². The maximum Gasteiger partial charge on any atom is 0.123 e. The summed E-state index contributed by atoms with van der Waals surface area (Å²) in [4.78, 5) is 4.56. The maximum atomic E-state index is 13.2. The third-order valence-electron chi connectivity index (χ3n) is 3.66. The van der Waals surface area contributed by atoms with Gasteiger partial charge in [0.2, 0.25) is 0 Å². The lowest BCUT2D eigenvalue weighted by molar-refractivity contribution is 0.568. The summed E-state index contributed by atoms with van der Waals surface area (Å²) in [6.07, 6.45) is 2.70. The van der Waals surface area contributed by atoms with E-state index in [2.05, 4.69) is 23.3 Å². The van der Waals surface area contributed by atoms with Gasteiger partial charge >= 0.3 is 0 Å². The van der Waals surface area contributed by atoms with Gasteiger partial charge in [-0.3, -0.25) is 4.98 Å². The van der Waals surface area contributed by atoms with E-state index < -0.39 is 0 Å². The Balaban J connectivity index is 2.28. The van der Waals surface area contributed by atoms with E-state index >= 15 is 0 Å². The highest BCUT2D eigenvalue weighted by molar-refractivity contribution is 5.31. The first kappa shape index (κ1) is 14.7. The van der Waals surface area contributed by atoms with Crippen molar-refractivity contribution in [2.24, 2.45) is 0 Å². The smallest absolute Gasteiger partial charge is 0.123 e. The summed E-state index contributed by atoms with van der Waals surface area (Å²) in [5.41, 5.74) is 5.53. The van der Waals surface area contributed by atoms with Crippen molar-refractivity contribution in [1.82, 2.24) is 10.3 Å². The van der Waals surface area contributed by atoms with Crippen LogP contribution in [0.4, 0.5) is 4.39 Å². The predicted molar refractivity (Wildman–Crippen MR) is 80.4 cm³/mol. The van der Waals surface area contributed by atoms with Crippen molar-refractivity contribution in [1.29, 1.82) is 0 Å². The SMILES string of the molecule is CNC(Cc1ccc(F)cc1C)c1ncc(C)cc1C. The third-order valence-corrected chi connectivity index (χ3v) is 3.66. The van der Waals surface area contributed by atoms with Gasteiger partial charge in [0.25, 0.3) is 0 Å². The van der Waals surface area contributed by atoms with Crippen LogP contribution in [0.5, 0.6) is 0 Å². The third kappa shape index (κ3) is 3.23. The molecule has 0 fully saturated rings. The maximum absolute atomic E-state index is 13.2. The van der Waals surface area contributed by atoms with Crippen LogP contribution in [-0.4, -0.2) is 12.0 Å². The van der Waals surface area contributed by atoms with Crippen LogP contribution in [0.3, 0.4) is 0 Å². The molecule has 2 nitrogen and oxygen atoms in total. The molecule has 1 atom stereocenters. The van der Waals surface area contributed by atoms with Gasteiger partial charge in [-0.25, -0.2) is 4.39 Å². The number of hydrogen-bond donors (Lipinski definition) is 1. The second kappa shape index (κ2) is 6.14. The van der Waals surface area contributed by atoms with E-state index in [-0.39, 0.29) is 11.9 Å². The van der Waals surface area contributed by atoms with Crippen LogP contribution < -0.4 is 5.32 Å². The monoisotopic (exact) mass is 272 g/mol. The number of hydrogen-bond acceptors (Lipinski definition) is 2. The van der Waals surface area contributed by atoms with Gasteiger partial charge in [-0.1, -0.05) is 12.1 Å². The summed E-state index contributed by atoms with van der Waals surface area (Å²) >= 11 is 0. The van der Waals surface area contributed by atoms with Crippen molar-refractivity contribution in [2.45, 2.75) is 33.2 Å². The molecule has 0 bridgehead atoms. The first-order valence-electron chi connectivity index (χ1n) is 6.86. The topological polar surface area (TPSA) is 24.9 Å². The summed E-state index contributed by atoms with van der Waals surface area (Å²) in [6.45, 7) is 6.07. The Morgan fingerprint density at radius 2 is 1.90 bits per heavy atom. The molecule has 20 heavy (non-hydrogen) atoms. The first-order chi connectivity index (χ1) is 9.51. The van der Waals surface area contributed by atoms with E-state index in [1.165, 1.54) is 17.2 Å². The zero-order valence-corrected chi connectivity index (χ0v) is 12.5. The molecular formula is C17H21FN2. The number of likely N-dealkylation sites (N-methyl/N-ethyl adjacent to an activating group) is 1. The lowest BCUT2D eigenvalue weighted by Gasteiger charge is -2.19. The van der Waals surface area contributed by atoms with Crippen LogP contribution in [0.25, 0.3) is 0 Å². The Kier molecular flexibility index (Phi) is 4.50. The largest absolute Gasteiger partial charge is 0.311 e. The molecule has 0 spiro atoms. The fraction of sp³-hybridized carbons (Fsp3) is 0.353. The highest BCUT2D eigenvalue weighted by Gasteiger charge is 2.15. The van der Waals surface area contributed by atoms with Crippen molar-refractivity contribution >= 4 is 0 Å². The number of benzene rings is 1. The number of rotatable bonds is 4. The Morgan fingerprint density at radius 1 is 1.15 bits per heavy atom. The molecule has 0 saturated heterocycles. The van der Waals surface area contributed by atoms with Gasteiger partial charge < -0.3 is 5.32 Å². The van der Waals surface area contributed by atoms with E-state index in [1.807, 2.05) is 33.2 Å². The lowest BCUT2D eigenvalue weighted by atomic mass is 9.96. The van der Waals surface area contributed by atoms with Gasteiger partial charge in [-0.2, -0.15) is 0 Å². The molecule has 106 valence electrons. The van der Waals surface area contributed by atoms with Crippen LogP contribution >= 0.6 is 0 Å². The summed E-state index contributed by atoms with van der Waals surface area (Å²) < 4.78 is 13.2. The van der Waals surface area contributed by atoms with E-state index in [1.54, 1.807) is 6.07 Å². The minimum atomic E-state index is -0.183. The second-order valence-corrected chi connectivity index (χ2v) is 5.33. The molecule has 1 aromatic carbocycles. The first-order valence-corrected chi connectivity index (χ1v) is 6.86. The van der Waals surface area contributed by atoms with Gasteiger partial charge in [0.05, 0.1) is 11.7 Å². The molecule has 0 aliphatic rings. The number of nitrogens with zero attached hydrogens (tertiary/aromatic N) is 1. The van der Waals surface area contributed by atoms with Crippen LogP contribution in [0.1, 0.15) is 34.0 Å². The molecule has 1 aromatic heterocycles. The molecule has 0 amide bonds. The Morgan fingerprint density at radius 3 is 2.50 bits per heavy atom. The molecule has 0 aliphatic heterocycles. The van der Waals surface area contributed by atoms with Gasteiger partial charge in [0, 0.05) is 6.20 Å². The van der Waals surface area contributed by atoms with Crippen molar-refractivity contribution in [3.8, 4) is 0 Å². The number of aryl methyl sites for hydroxylation is 3. The minimum Gasteiger partial charge on any atom is -0.311 e. The van der Waals surface area contributed by atoms with Crippen LogP contribution in [-0.2, 0) is 6.42 Å². The number of halogens is 1. The molecule has 2 rings (SSSR count). The predicted octanol–water partition coefficient (Wildman–Crippen LogP) is 3.65. The van der Waals surface area contributed by atoms with E-state index in [0.29, 0.717) is 0 Å². The molecule has 0 radical (unpaired) electrons. The summed E-state index contributed by atoms with van der Waals surface area (Å²) in [7, 11) is 1.94. The highest BCUT2D eigenvalue weighted by Crippen LogP contribution is 2.22. The summed E-state index contributed by atoms with van der Waals surface area (Å²) in [5, 5.41) is 3.31. The van der Waals surface area contributed by atoms with E-state index in [4.69, 9.17) is 0 Å². The average molecular weight is 272 g/mol. The Hall–Kier alpha value is -1.74. The molecule has 1 N–H and O–H groups in total. The quantitative estimate of drug-likeness (QED) is 0.919. The second-order valence-electron chi connectivity index (χ2n) is 5.33. The van der Waals surface area contributed by atoms with Gasteiger partial charge in [-0.05, 0) is 68.6 Å². The Labute approximate surface area is 120 Å². The fourth-order valence-electron chi connectivity index (χ4n) is 2.53. The standard InChI is InChI=1S/C17H21FN2/c1-11-7-13(3)17(20-10-11)16(19-4)9-14-5-6-15(18)8-12(14)2/h5-8,10,16,19H,9H2,1-4H3. The molecule has 0 aliphatic carbocycles. The van der Waals surface area contributed by atoms with Crippen molar-refractivity contribution in [2.75, 3.05) is 7.05 Å². The van der Waals surface area contributed by atoms with Crippen LogP contribution in [0, 0.1) is 26.6 Å². The summed E-state index contributed by atoms with van der Waals surface area (Å²) in [6, 6.07) is 7.24.